The molecule has 0 radical (unpaired) electrons. The number of anilines is 3. The monoisotopic (exact) mass is 284 g/mol. The Kier molecular flexibility index (Phi) is 3.90. The van der Waals surface area contributed by atoms with Crippen LogP contribution < -0.4 is 15.4 Å². The van der Waals surface area contributed by atoms with Crippen LogP contribution in [0, 0.1) is 0 Å². The molecule has 0 bridgehead atoms. The van der Waals surface area contributed by atoms with Gasteiger partial charge in [-0.3, -0.25) is 4.98 Å². The summed E-state index contributed by atoms with van der Waals surface area (Å²) in [5.74, 6) is 1.23. The van der Waals surface area contributed by atoms with E-state index in [0.717, 1.165) is 18.7 Å². The molecule has 1 aliphatic heterocycles. The molecule has 0 saturated carbocycles. The number of benzene rings is 1. The van der Waals surface area contributed by atoms with Gasteiger partial charge in [-0.2, -0.15) is 4.98 Å². The summed E-state index contributed by atoms with van der Waals surface area (Å²) < 4.78 is 5.56. The topological polar surface area (TPSA) is 59.1 Å². The van der Waals surface area contributed by atoms with E-state index in [-0.39, 0.29) is 6.10 Å². The molecule has 0 saturated heterocycles. The molecule has 5 heteroatoms. The number of aromatic nitrogens is 2. The number of nitrogens with one attached hydrogen (secondary N) is 2. The fourth-order valence-corrected chi connectivity index (χ4v) is 2.41. The van der Waals surface area contributed by atoms with Gasteiger partial charge in [0.1, 0.15) is 0 Å². The van der Waals surface area contributed by atoms with Crippen LogP contribution in [0.25, 0.3) is 0 Å². The highest BCUT2D eigenvalue weighted by molar-refractivity contribution is 5.64. The zero-order valence-electron chi connectivity index (χ0n) is 12.4. The molecule has 0 unspecified atom stereocenters. The molecule has 2 heterocycles. The van der Waals surface area contributed by atoms with Gasteiger partial charge in [0.05, 0.1) is 18.5 Å². The van der Waals surface area contributed by atoms with Gasteiger partial charge in [0.15, 0.2) is 5.82 Å². The van der Waals surface area contributed by atoms with Gasteiger partial charge in [0.25, 0.3) is 0 Å². The van der Waals surface area contributed by atoms with Crippen LogP contribution in [-0.4, -0.2) is 22.6 Å². The third kappa shape index (κ3) is 3.42. The normalized spacial score (nSPS) is 13.5. The van der Waals surface area contributed by atoms with Gasteiger partial charge in [0, 0.05) is 17.9 Å². The fraction of sp³-hybridized carbons (Fsp3) is 0.375. The molecule has 0 spiro atoms. The average Bonchev–Trinajstić information content (AvgIpc) is 2.47. The predicted octanol–water partition coefficient (Wildman–Crippen LogP) is 3.37. The Labute approximate surface area is 124 Å². The number of ether oxygens (including phenoxy) is 1. The molecule has 3 rings (SSSR count). The van der Waals surface area contributed by atoms with Crippen molar-refractivity contribution < 1.29 is 4.74 Å². The first-order chi connectivity index (χ1) is 10.2. The highest BCUT2D eigenvalue weighted by Gasteiger charge is 2.09. The van der Waals surface area contributed by atoms with Crippen LogP contribution in [0.2, 0.25) is 0 Å². The summed E-state index contributed by atoms with van der Waals surface area (Å²) in [6, 6.07) is 6.33. The molecule has 21 heavy (non-hydrogen) atoms. The number of aryl methyl sites for hydroxylation is 1. The first-order valence-electron chi connectivity index (χ1n) is 7.33. The molecule has 0 atom stereocenters. The first kappa shape index (κ1) is 13.7. The summed E-state index contributed by atoms with van der Waals surface area (Å²) in [4.78, 5) is 8.57. The summed E-state index contributed by atoms with van der Waals surface area (Å²) in [7, 11) is 0. The predicted molar refractivity (Wildman–Crippen MR) is 84.3 cm³/mol. The van der Waals surface area contributed by atoms with Crippen LogP contribution in [-0.2, 0) is 6.42 Å². The van der Waals surface area contributed by atoms with E-state index in [2.05, 4.69) is 38.8 Å². The third-order valence-corrected chi connectivity index (χ3v) is 3.28. The second-order valence-electron chi connectivity index (χ2n) is 5.44. The Bertz CT molecular complexity index is 627. The lowest BCUT2D eigenvalue weighted by atomic mass is 10.0. The van der Waals surface area contributed by atoms with E-state index in [1.54, 1.807) is 12.4 Å². The average molecular weight is 284 g/mol. The summed E-state index contributed by atoms with van der Waals surface area (Å²) in [6.45, 7) is 5.00. The van der Waals surface area contributed by atoms with Crippen LogP contribution >= 0.6 is 0 Å². The Hall–Kier alpha value is -2.30. The van der Waals surface area contributed by atoms with E-state index in [4.69, 9.17) is 4.74 Å². The van der Waals surface area contributed by atoms with E-state index in [1.165, 1.54) is 17.7 Å². The van der Waals surface area contributed by atoms with Gasteiger partial charge in [-0.05, 0) is 50.5 Å². The molecule has 1 aromatic heterocycles. The van der Waals surface area contributed by atoms with Crippen molar-refractivity contribution in [3.63, 3.8) is 0 Å². The quantitative estimate of drug-likeness (QED) is 0.901. The van der Waals surface area contributed by atoms with Crippen LogP contribution in [0.4, 0.5) is 17.2 Å². The lowest BCUT2D eigenvalue weighted by Crippen LogP contribution is -2.11. The van der Waals surface area contributed by atoms with E-state index in [0.29, 0.717) is 11.7 Å². The van der Waals surface area contributed by atoms with Crippen molar-refractivity contribution in [2.24, 2.45) is 0 Å². The molecular formula is C16H20N4O. The summed E-state index contributed by atoms with van der Waals surface area (Å²) in [5.41, 5.74) is 3.59. The zero-order chi connectivity index (χ0) is 14.7. The summed E-state index contributed by atoms with van der Waals surface area (Å²) >= 11 is 0. The Morgan fingerprint density at radius 1 is 1.29 bits per heavy atom. The largest absolute Gasteiger partial charge is 0.474 e. The second kappa shape index (κ2) is 5.99. The van der Waals surface area contributed by atoms with Crippen LogP contribution in [0.15, 0.2) is 30.6 Å². The fourth-order valence-electron chi connectivity index (χ4n) is 2.41. The maximum Gasteiger partial charge on any atom is 0.234 e. The van der Waals surface area contributed by atoms with E-state index in [9.17, 15) is 0 Å². The highest BCUT2D eigenvalue weighted by Crippen LogP contribution is 2.26. The van der Waals surface area contributed by atoms with Crippen LogP contribution in [0.5, 0.6) is 5.88 Å². The molecule has 1 aromatic carbocycles. The standard InChI is InChI=1S/C16H20N4O/c1-11(2)21-16-10-17-9-15(20-16)19-13-5-6-14-12(8-13)4-3-7-18-14/h5-6,8-11,18H,3-4,7H2,1-2H3,(H,19,20). The van der Waals surface area contributed by atoms with Gasteiger partial charge < -0.3 is 15.4 Å². The lowest BCUT2D eigenvalue weighted by molar-refractivity contribution is 0.232. The van der Waals surface area contributed by atoms with Gasteiger partial charge in [-0.15, -0.1) is 0 Å². The minimum Gasteiger partial charge on any atom is -0.474 e. The molecule has 0 fully saturated rings. The molecule has 0 aliphatic carbocycles. The van der Waals surface area contributed by atoms with Gasteiger partial charge >= 0.3 is 0 Å². The van der Waals surface area contributed by atoms with Crippen molar-refractivity contribution in [2.45, 2.75) is 32.8 Å². The third-order valence-electron chi connectivity index (χ3n) is 3.28. The minimum absolute atomic E-state index is 0.0874. The summed E-state index contributed by atoms with van der Waals surface area (Å²) in [6.07, 6.45) is 5.70. The smallest absolute Gasteiger partial charge is 0.234 e. The molecule has 110 valence electrons. The van der Waals surface area contributed by atoms with Gasteiger partial charge in [-0.1, -0.05) is 0 Å². The second-order valence-corrected chi connectivity index (χ2v) is 5.44. The Morgan fingerprint density at radius 3 is 3.05 bits per heavy atom. The van der Waals surface area contributed by atoms with Crippen molar-refractivity contribution >= 4 is 17.2 Å². The lowest BCUT2D eigenvalue weighted by Gasteiger charge is -2.19. The van der Waals surface area contributed by atoms with Gasteiger partial charge in [-0.25, -0.2) is 0 Å². The van der Waals surface area contributed by atoms with Crippen LogP contribution in [0.3, 0.4) is 0 Å². The number of rotatable bonds is 4. The number of fused-ring (bicyclic) bond motifs is 1. The number of hydrogen-bond donors (Lipinski definition) is 2. The SMILES string of the molecule is CC(C)Oc1cncc(Nc2ccc3c(c2)CCCN3)n1. The number of nitrogens with zero attached hydrogens (tertiary/aromatic N) is 2. The zero-order valence-corrected chi connectivity index (χ0v) is 12.4. The minimum atomic E-state index is 0.0874. The maximum absolute atomic E-state index is 5.56. The Morgan fingerprint density at radius 2 is 2.19 bits per heavy atom. The molecule has 5 nitrogen and oxygen atoms in total. The first-order valence-corrected chi connectivity index (χ1v) is 7.33. The highest BCUT2D eigenvalue weighted by atomic mass is 16.5. The molecule has 1 aliphatic rings. The molecule has 2 N–H and O–H groups in total. The van der Waals surface area contributed by atoms with E-state index >= 15 is 0 Å². The summed E-state index contributed by atoms with van der Waals surface area (Å²) in [5, 5.41) is 6.69. The van der Waals surface area contributed by atoms with Crippen molar-refractivity contribution in [3.05, 3.63) is 36.2 Å². The van der Waals surface area contributed by atoms with E-state index in [1.807, 2.05) is 13.8 Å². The van der Waals surface area contributed by atoms with Crippen molar-refractivity contribution in [1.29, 1.82) is 0 Å². The van der Waals surface area contributed by atoms with Crippen molar-refractivity contribution in [2.75, 3.05) is 17.2 Å². The number of hydrogen-bond acceptors (Lipinski definition) is 5. The molecular weight excluding hydrogens is 264 g/mol. The molecule has 0 amide bonds. The van der Waals surface area contributed by atoms with Gasteiger partial charge in [0.2, 0.25) is 5.88 Å². The van der Waals surface area contributed by atoms with E-state index < -0.39 is 0 Å². The Balaban J connectivity index is 1.77. The van der Waals surface area contributed by atoms with Crippen LogP contribution in [0.1, 0.15) is 25.8 Å². The maximum atomic E-state index is 5.56. The van der Waals surface area contributed by atoms with Crippen molar-refractivity contribution in [1.82, 2.24) is 9.97 Å². The molecule has 2 aromatic rings. The van der Waals surface area contributed by atoms with Crippen molar-refractivity contribution in [3.8, 4) is 5.88 Å².